The molecule has 2 rings (SSSR count). The zero-order chi connectivity index (χ0) is 15.8. The second-order valence-corrected chi connectivity index (χ2v) is 5.45. The highest BCUT2D eigenvalue weighted by Crippen LogP contribution is 2.37. The molecule has 2 aromatic carbocycles. The van der Waals surface area contributed by atoms with Crippen molar-refractivity contribution in [1.82, 2.24) is 0 Å². The van der Waals surface area contributed by atoms with Gasteiger partial charge in [0.05, 0.1) is 10.9 Å². The zero-order valence-electron chi connectivity index (χ0n) is 10.8. The van der Waals surface area contributed by atoms with E-state index in [1.165, 1.54) is 25.1 Å². The molecule has 1 atom stereocenters. The van der Waals surface area contributed by atoms with Crippen LogP contribution in [-0.2, 0) is 6.18 Å². The summed E-state index contributed by atoms with van der Waals surface area (Å²) >= 11 is 12.1. The van der Waals surface area contributed by atoms with Crippen molar-refractivity contribution in [3.63, 3.8) is 0 Å². The van der Waals surface area contributed by atoms with E-state index in [0.717, 1.165) is 18.2 Å². The number of alkyl halides is 4. The Morgan fingerprint density at radius 3 is 2.38 bits per heavy atom. The van der Waals surface area contributed by atoms with Gasteiger partial charge in [0.2, 0.25) is 0 Å². The second-order valence-electron chi connectivity index (χ2n) is 4.61. The molecular formula is C15H10Cl2F4. The molecule has 0 fully saturated rings. The number of hydrogen-bond donors (Lipinski definition) is 0. The van der Waals surface area contributed by atoms with Gasteiger partial charge in [0.25, 0.3) is 0 Å². The molecule has 0 aliphatic heterocycles. The van der Waals surface area contributed by atoms with E-state index in [9.17, 15) is 17.6 Å². The highest BCUT2D eigenvalue weighted by Gasteiger charge is 2.31. The van der Waals surface area contributed by atoms with Crippen LogP contribution in [0.5, 0.6) is 0 Å². The Morgan fingerprint density at radius 1 is 1.10 bits per heavy atom. The van der Waals surface area contributed by atoms with Crippen LogP contribution in [0, 0.1) is 12.7 Å². The van der Waals surface area contributed by atoms with Crippen LogP contribution in [0.15, 0.2) is 36.4 Å². The van der Waals surface area contributed by atoms with E-state index in [4.69, 9.17) is 23.2 Å². The smallest absolute Gasteiger partial charge is 0.207 e. The fraction of sp³-hybridized carbons (Fsp3) is 0.200. The van der Waals surface area contributed by atoms with Gasteiger partial charge in [0, 0.05) is 5.02 Å². The van der Waals surface area contributed by atoms with Crippen LogP contribution in [0.2, 0.25) is 5.02 Å². The Labute approximate surface area is 129 Å². The summed E-state index contributed by atoms with van der Waals surface area (Å²) in [5.41, 5.74) is 0.156. The molecule has 6 heteroatoms. The first-order valence-corrected chi connectivity index (χ1v) is 6.78. The van der Waals surface area contributed by atoms with E-state index in [1.807, 2.05) is 0 Å². The summed E-state index contributed by atoms with van der Waals surface area (Å²) in [5.74, 6) is -0.489. The normalized spacial score (nSPS) is 13.3. The van der Waals surface area contributed by atoms with Crippen molar-refractivity contribution < 1.29 is 17.6 Å². The fourth-order valence-electron chi connectivity index (χ4n) is 1.93. The average Bonchev–Trinajstić information content (AvgIpc) is 2.41. The Morgan fingerprint density at radius 2 is 1.76 bits per heavy atom. The lowest BCUT2D eigenvalue weighted by molar-refractivity contribution is -0.137. The van der Waals surface area contributed by atoms with Crippen LogP contribution in [0.1, 0.15) is 27.6 Å². The van der Waals surface area contributed by atoms with Gasteiger partial charge >= 0.3 is 6.18 Å². The van der Waals surface area contributed by atoms with E-state index in [1.54, 1.807) is 0 Å². The topological polar surface area (TPSA) is 0 Å². The van der Waals surface area contributed by atoms with Gasteiger partial charge in [-0.25, -0.2) is 4.39 Å². The molecule has 0 aromatic heterocycles. The lowest BCUT2D eigenvalue weighted by atomic mass is 10.0. The quantitative estimate of drug-likeness (QED) is 0.456. The highest BCUT2D eigenvalue weighted by atomic mass is 35.5. The molecular weight excluding hydrogens is 327 g/mol. The molecule has 2 aromatic rings. The van der Waals surface area contributed by atoms with Crippen LogP contribution in [-0.4, -0.2) is 0 Å². The predicted molar refractivity (Wildman–Crippen MR) is 75.3 cm³/mol. The van der Waals surface area contributed by atoms with E-state index < -0.39 is 22.9 Å². The van der Waals surface area contributed by atoms with E-state index in [0.29, 0.717) is 11.1 Å². The van der Waals surface area contributed by atoms with E-state index in [-0.39, 0.29) is 10.6 Å². The van der Waals surface area contributed by atoms with Crippen molar-refractivity contribution in [2.75, 3.05) is 0 Å². The fourth-order valence-corrected chi connectivity index (χ4v) is 2.56. The molecule has 0 aliphatic rings. The first-order valence-electron chi connectivity index (χ1n) is 5.97. The van der Waals surface area contributed by atoms with Crippen LogP contribution in [0.3, 0.4) is 0 Å². The second kappa shape index (κ2) is 5.85. The largest absolute Gasteiger partial charge is 0.416 e. The van der Waals surface area contributed by atoms with E-state index >= 15 is 0 Å². The lowest BCUT2D eigenvalue weighted by Gasteiger charge is -2.15. The molecule has 0 amide bonds. The van der Waals surface area contributed by atoms with Crippen LogP contribution in [0.4, 0.5) is 17.6 Å². The van der Waals surface area contributed by atoms with E-state index in [2.05, 4.69) is 0 Å². The Hall–Kier alpha value is -1.26. The minimum absolute atomic E-state index is 0.0792. The summed E-state index contributed by atoms with van der Waals surface area (Å²) in [4.78, 5) is 0. The maximum atomic E-state index is 13.4. The standard InChI is InChI=1S/C15H10Cl2F4/c1-8-5-11(12(16)7-13(8)18)14(17)9-3-2-4-10(6-9)15(19,20)21/h2-7,14H,1H3. The van der Waals surface area contributed by atoms with Crippen molar-refractivity contribution in [2.45, 2.75) is 18.5 Å². The Kier molecular flexibility index (Phi) is 4.49. The SMILES string of the molecule is Cc1cc(C(Cl)c2cccc(C(F)(F)F)c2)c(Cl)cc1F. The van der Waals surface area contributed by atoms with Gasteiger partial charge in [0.15, 0.2) is 0 Å². The summed E-state index contributed by atoms with van der Waals surface area (Å²) < 4.78 is 51.5. The summed E-state index contributed by atoms with van der Waals surface area (Å²) in [6.45, 7) is 1.53. The maximum absolute atomic E-state index is 13.4. The Bertz CT molecular complexity index is 665. The molecule has 0 saturated heterocycles. The molecule has 0 N–H and O–H groups in total. The number of benzene rings is 2. The molecule has 0 saturated carbocycles. The summed E-state index contributed by atoms with van der Waals surface area (Å²) in [6.07, 6.45) is -4.45. The third kappa shape index (κ3) is 3.50. The van der Waals surface area contributed by atoms with Crippen LogP contribution in [0.25, 0.3) is 0 Å². The maximum Gasteiger partial charge on any atom is 0.416 e. The third-order valence-electron chi connectivity index (χ3n) is 3.06. The van der Waals surface area contributed by atoms with Gasteiger partial charge in [-0.2, -0.15) is 13.2 Å². The van der Waals surface area contributed by atoms with Crippen LogP contribution >= 0.6 is 23.2 Å². The molecule has 0 radical (unpaired) electrons. The Balaban J connectivity index is 2.45. The van der Waals surface area contributed by atoms with Crippen molar-refractivity contribution in [2.24, 2.45) is 0 Å². The molecule has 21 heavy (non-hydrogen) atoms. The monoisotopic (exact) mass is 336 g/mol. The lowest BCUT2D eigenvalue weighted by Crippen LogP contribution is -2.06. The molecule has 0 aliphatic carbocycles. The van der Waals surface area contributed by atoms with Gasteiger partial charge in [-0.15, -0.1) is 11.6 Å². The summed E-state index contributed by atoms with van der Waals surface area (Å²) in [5, 5.41) is -0.811. The van der Waals surface area contributed by atoms with Gasteiger partial charge in [-0.1, -0.05) is 23.7 Å². The molecule has 112 valence electrons. The number of rotatable bonds is 2. The van der Waals surface area contributed by atoms with Gasteiger partial charge in [0.1, 0.15) is 5.82 Å². The summed E-state index contributed by atoms with van der Waals surface area (Å²) in [7, 11) is 0. The summed E-state index contributed by atoms with van der Waals surface area (Å²) in [6, 6.07) is 7.22. The molecule has 0 spiro atoms. The third-order valence-corrected chi connectivity index (χ3v) is 3.87. The molecule has 1 unspecified atom stereocenters. The van der Waals surface area contributed by atoms with Gasteiger partial charge in [-0.3, -0.25) is 0 Å². The number of aryl methyl sites for hydroxylation is 1. The van der Waals surface area contributed by atoms with Gasteiger partial charge < -0.3 is 0 Å². The molecule has 0 heterocycles. The van der Waals surface area contributed by atoms with Crippen molar-refractivity contribution in [3.05, 3.63) is 69.5 Å². The highest BCUT2D eigenvalue weighted by molar-refractivity contribution is 6.33. The number of hydrogen-bond acceptors (Lipinski definition) is 0. The first-order chi connectivity index (χ1) is 9.70. The van der Waals surface area contributed by atoms with Crippen molar-refractivity contribution >= 4 is 23.2 Å². The molecule has 0 bridgehead atoms. The zero-order valence-corrected chi connectivity index (χ0v) is 12.3. The van der Waals surface area contributed by atoms with Crippen molar-refractivity contribution in [1.29, 1.82) is 0 Å². The first kappa shape index (κ1) is 16.1. The van der Waals surface area contributed by atoms with Gasteiger partial charge in [-0.05, 0) is 47.9 Å². The predicted octanol–water partition coefficient (Wildman–Crippen LogP) is 6.13. The minimum Gasteiger partial charge on any atom is -0.207 e. The average molecular weight is 337 g/mol. The minimum atomic E-state index is -4.45. The van der Waals surface area contributed by atoms with Crippen LogP contribution < -0.4 is 0 Å². The molecule has 0 nitrogen and oxygen atoms in total. The number of halogens is 6. The van der Waals surface area contributed by atoms with Crippen molar-refractivity contribution in [3.8, 4) is 0 Å².